The summed E-state index contributed by atoms with van der Waals surface area (Å²) in [4.78, 5) is 14.0. The molecule has 1 aliphatic rings. The molecule has 0 aliphatic carbocycles. The third kappa shape index (κ3) is 3.93. The molecule has 1 aliphatic heterocycles. The molecule has 1 aromatic rings. The van der Waals surface area contributed by atoms with Gasteiger partial charge in [-0.15, -0.1) is 0 Å². The highest BCUT2D eigenvalue weighted by Gasteiger charge is 2.23. The fourth-order valence-corrected chi connectivity index (χ4v) is 2.38. The normalized spacial score (nSPS) is 19.6. The van der Waals surface area contributed by atoms with Gasteiger partial charge in [0.05, 0.1) is 12.6 Å². The predicted octanol–water partition coefficient (Wildman–Crippen LogP) is 2.31. The summed E-state index contributed by atoms with van der Waals surface area (Å²) in [5.41, 5.74) is 1.74. The van der Waals surface area contributed by atoms with Gasteiger partial charge in [-0.3, -0.25) is 9.69 Å². The number of carbonyl (C=O) groups excluding carboxylic acids is 1. The van der Waals surface area contributed by atoms with E-state index in [2.05, 4.69) is 10.2 Å². The minimum absolute atomic E-state index is 0.00141. The van der Waals surface area contributed by atoms with E-state index in [4.69, 9.17) is 16.3 Å². The van der Waals surface area contributed by atoms with Crippen molar-refractivity contribution in [3.05, 3.63) is 28.8 Å². The molecule has 4 nitrogen and oxygen atoms in total. The Balaban J connectivity index is 1.86. The summed E-state index contributed by atoms with van der Waals surface area (Å²) in [5, 5.41) is 3.60. The van der Waals surface area contributed by atoms with Crippen molar-refractivity contribution in [3.63, 3.8) is 0 Å². The molecular weight excluding hydrogens is 264 g/mol. The lowest BCUT2D eigenvalue weighted by Gasteiger charge is -2.15. The lowest BCUT2D eigenvalue weighted by molar-refractivity contribution is -0.117. The van der Waals surface area contributed by atoms with Crippen molar-refractivity contribution in [1.82, 2.24) is 4.90 Å². The van der Waals surface area contributed by atoms with Crippen LogP contribution in [0.4, 0.5) is 5.69 Å². The van der Waals surface area contributed by atoms with Gasteiger partial charge in [0.2, 0.25) is 5.91 Å². The molecular formula is C14H19ClN2O2. The van der Waals surface area contributed by atoms with Gasteiger partial charge in [-0.1, -0.05) is 11.6 Å². The van der Waals surface area contributed by atoms with E-state index in [1.165, 1.54) is 0 Å². The Morgan fingerprint density at radius 3 is 3.00 bits per heavy atom. The lowest BCUT2D eigenvalue weighted by Crippen LogP contribution is -2.32. The molecule has 2 rings (SSSR count). The quantitative estimate of drug-likeness (QED) is 0.921. The number of likely N-dealkylation sites (tertiary alicyclic amines) is 1. The molecule has 1 aromatic carbocycles. The highest BCUT2D eigenvalue weighted by atomic mass is 35.5. The second kappa shape index (κ2) is 6.37. The van der Waals surface area contributed by atoms with Crippen LogP contribution in [0.5, 0.6) is 0 Å². The number of carbonyl (C=O) groups is 1. The summed E-state index contributed by atoms with van der Waals surface area (Å²) in [7, 11) is 1.71. The van der Waals surface area contributed by atoms with Crippen molar-refractivity contribution in [3.8, 4) is 0 Å². The van der Waals surface area contributed by atoms with Gasteiger partial charge in [-0.25, -0.2) is 0 Å². The minimum atomic E-state index is -0.00141. The highest BCUT2D eigenvalue weighted by Crippen LogP contribution is 2.19. The highest BCUT2D eigenvalue weighted by molar-refractivity contribution is 6.31. The number of amides is 1. The van der Waals surface area contributed by atoms with Crippen LogP contribution in [-0.2, 0) is 9.53 Å². The first kappa shape index (κ1) is 14.3. The van der Waals surface area contributed by atoms with E-state index in [0.717, 1.165) is 30.8 Å². The van der Waals surface area contributed by atoms with E-state index in [0.29, 0.717) is 11.6 Å². The van der Waals surface area contributed by atoms with Gasteiger partial charge in [-0.05, 0) is 37.1 Å². The first-order valence-electron chi connectivity index (χ1n) is 6.39. The second-order valence-corrected chi connectivity index (χ2v) is 5.30. The Morgan fingerprint density at radius 2 is 2.37 bits per heavy atom. The number of halogens is 1. The van der Waals surface area contributed by atoms with Crippen LogP contribution in [0.25, 0.3) is 0 Å². The molecule has 1 saturated heterocycles. The molecule has 1 fully saturated rings. The molecule has 1 atom stereocenters. The third-order valence-electron chi connectivity index (χ3n) is 3.37. The first-order valence-corrected chi connectivity index (χ1v) is 6.77. The summed E-state index contributed by atoms with van der Waals surface area (Å²) >= 11 is 5.95. The van der Waals surface area contributed by atoms with Gasteiger partial charge in [0.25, 0.3) is 0 Å². The average Bonchev–Trinajstić information content (AvgIpc) is 2.81. The number of hydrogen-bond donors (Lipinski definition) is 1. The average molecular weight is 283 g/mol. The number of aryl methyl sites for hydroxylation is 1. The molecule has 0 spiro atoms. The molecule has 1 unspecified atom stereocenters. The van der Waals surface area contributed by atoms with Gasteiger partial charge in [-0.2, -0.15) is 0 Å². The molecule has 0 aromatic heterocycles. The molecule has 1 amide bonds. The maximum Gasteiger partial charge on any atom is 0.238 e. The van der Waals surface area contributed by atoms with Crippen LogP contribution >= 0.6 is 11.6 Å². The SMILES string of the molecule is COC1CCN(CC(=O)Nc2ccc(Cl)c(C)c2)C1. The molecule has 104 valence electrons. The van der Waals surface area contributed by atoms with Crippen molar-refractivity contribution in [2.24, 2.45) is 0 Å². The smallest absolute Gasteiger partial charge is 0.238 e. The molecule has 0 saturated carbocycles. The van der Waals surface area contributed by atoms with Crippen LogP contribution in [-0.4, -0.2) is 43.7 Å². The Bertz CT molecular complexity index is 465. The van der Waals surface area contributed by atoms with Crippen LogP contribution in [0.2, 0.25) is 5.02 Å². The van der Waals surface area contributed by atoms with Crippen LogP contribution in [0.1, 0.15) is 12.0 Å². The fourth-order valence-electron chi connectivity index (χ4n) is 2.26. The number of nitrogens with zero attached hydrogens (tertiary/aromatic N) is 1. The van der Waals surface area contributed by atoms with E-state index in [9.17, 15) is 4.79 Å². The summed E-state index contributed by atoms with van der Waals surface area (Å²) in [6, 6.07) is 5.49. The zero-order chi connectivity index (χ0) is 13.8. The van der Waals surface area contributed by atoms with Crippen LogP contribution < -0.4 is 5.32 Å². The number of methoxy groups -OCH3 is 1. The van der Waals surface area contributed by atoms with Crippen molar-refractivity contribution in [2.75, 3.05) is 32.1 Å². The maximum absolute atomic E-state index is 11.9. The summed E-state index contributed by atoms with van der Waals surface area (Å²) < 4.78 is 5.28. The maximum atomic E-state index is 11.9. The zero-order valence-electron chi connectivity index (χ0n) is 11.3. The van der Waals surface area contributed by atoms with Gasteiger partial charge in [0.15, 0.2) is 0 Å². The van der Waals surface area contributed by atoms with Crippen molar-refractivity contribution in [1.29, 1.82) is 0 Å². The molecule has 5 heteroatoms. The molecule has 1 heterocycles. The third-order valence-corrected chi connectivity index (χ3v) is 3.80. The van der Waals surface area contributed by atoms with Gasteiger partial charge >= 0.3 is 0 Å². The second-order valence-electron chi connectivity index (χ2n) is 4.89. The molecule has 0 radical (unpaired) electrons. The van der Waals surface area contributed by atoms with E-state index in [1.54, 1.807) is 13.2 Å². The summed E-state index contributed by atoms with van der Waals surface area (Å²) in [6.45, 7) is 4.05. The monoisotopic (exact) mass is 282 g/mol. The van der Waals surface area contributed by atoms with Crippen LogP contribution in [0.3, 0.4) is 0 Å². The van der Waals surface area contributed by atoms with Crippen molar-refractivity contribution < 1.29 is 9.53 Å². The molecule has 19 heavy (non-hydrogen) atoms. The number of nitrogens with one attached hydrogen (secondary N) is 1. The lowest BCUT2D eigenvalue weighted by atomic mass is 10.2. The van der Waals surface area contributed by atoms with Gasteiger partial charge in [0.1, 0.15) is 0 Å². The zero-order valence-corrected chi connectivity index (χ0v) is 12.0. The van der Waals surface area contributed by atoms with Crippen LogP contribution in [0, 0.1) is 6.92 Å². The summed E-state index contributed by atoms with van der Waals surface area (Å²) in [6.07, 6.45) is 1.25. The van der Waals surface area contributed by atoms with Crippen LogP contribution in [0.15, 0.2) is 18.2 Å². The standard InChI is InChI=1S/C14H19ClN2O2/c1-10-7-11(3-4-13(10)15)16-14(18)9-17-6-5-12(8-17)19-2/h3-4,7,12H,5-6,8-9H2,1-2H3,(H,16,18). The largest absolute Gasteiger partial charge is 0.380 e. The minimum Gasteiger partial charge on any atom is -0.380 e. The number of benzene rings is 1. The Labute approximate surface area is 118 Å². The topological polar surface area (TPSA) is 41.6 Å². The van der Waals surface area contributed by atoms with Crippen molar-refractivity contribution in [2.45, 2.75) is 19.4 Å². The first-order chi connectivity index (χ1) is 9.08. The summed E-state index contributed by atoms with van der Waals surface area (Å²) in [5.74, 6) is -0.00141. The molecule has 1 N–H and O–H groups in total. The number of rotatable bonds is 4. The van der Waals surface area contributed by atoms with E-state index in [-0.39, 0.29) is 12.0 Å². The Kier molecular flexibility index (Phi) is 4.80. The van der Waals surface area contributed by atoms with Gasteiger partial charge < -0.3 is 10.1 Å². The Hall–Kier alpha value is -1.10. The van der Waals surface area contributed by atoms with E-state index in [1.807, 2.05) is 19.1 Å². The number of anilines is 1. The number of ether oxygens (including phenoxy) is 1. The van der Waals surface area contributed by atoms with E-state index < -0.39 is 0 Å². The number of hydrogen-bond acceptors (Lipinski definition) is 3. The van der Waals surface area contributed by atoms with Crippen molar-refractivity contribution >= 4 is 23.2 Å². The van der Waals surface area contributed by atoms with Gasteiger partial charge in [0, 0.05) is 30.9 Å². The molecule has 0 bridgehead atoms. The predicted molar refractivity (Wildman–Crippen MR) is 76.7 cm³/mol. The van der Waals surface area contributed by atoms with E-state index >= 15 is 0 Å². The Morgan fingerprint density at radius 1 is 1.58 bits per heavy atom. The fraction of sp³-hybridized carbons (Fsp3) is 0.500.